The number of anilines is 1. The van der Waals surface area contributed by atoms with E-state index < -0.39 is 11.9 Å². The number of hydrogen-bond acceptors (Lipinski definition) is 5. The van der Waals surface area contributed by atoms with E-state index in [0.29, 0.717) is 11.1 Å². The Bertz CT molecular complexity index is 803. The lowest BCUT2D eigenvalue weighted by Gasteiger charge is -2.01. The van der Waals surface area contributed by atoms with E-state index in [1.54, 1.807) is 12.1 Å². The molecule has 1 heterocycles. The van der Waals surface area contributed by atoms with Gasteiger partial charge >= 0.3 is 11.9 Å². The Hall–Kier alpha value is -3.33. The number of esters is 1. The van der Waals surface area contributed by atoms with Gasteiger partial charge < -0.3 is 15.6 Å². The van der Waals surface area contributed by atoms with Crippen LogP contribution in [0.25, 0.3) is 0 Å². The van der Waals surface area contributed by atoms with E-state index in [4.69, 9.17) is 10.8 Å². The molecule has 22 heavy (non-hydrogen) atoms. The second kappa shape index (κ2) is 6.41. The second-order valence-electron chi connectivity index (χ2n) is 4.28. The minimum atomic E-state index is -1.03. The van der Waals surface area contributed by atoms with Crippen LogP contribution in [0.1, 0.15) is 31.8 Å². The fraction of sp³-hybridized carbons (Fsp3) is 0.0625. The van der Waals surface area contributed by atoms with Crippen LogP contribution in [-0.2, 0) is 4.74 Å². The van der Waals surface area contributed by atoms with Crippen molar-refractivity contribution in [3.05, 3.63) is 58.8 Å². The molecule has 1 aromatic heterocycles. The molecule has 0 spiro atoms. The average Bonchev–Trinajstić information content (AvgIpc) is 2.53. The molecular weight excluding hydrogens is 284 g/mol. The quantitative estimate of drug-likeness (QED) is 0.644. The zero-order valence-corrected chi connectivity index (χ0v) is 11.7. The Labute approximate surface area is 126 Å². The number of nitrogens with zero attached hydrogens (tertiary/aromatic N) is 1. The summed E-state index contributed by atoms with van der Waals surface area (Å²) in [5, 5.41) is 8.93. The van der Waals surface area contributed by atoms with Gasteiger partial charge in [0.25, 0.3) is 0 Å². The second-order valence-corrected chi connectivity index (χ2v) is 4.28. The van der Waals surface area contributed by atoms with E-state index in [9.17, 15) is 9.59 Å². The third-order valence-electron chi connectivity index (χ3n) is 2.79. The maximum absolute atomic E-state index is 11.5. The predicted molar refractivity (Wildman–Crippen MR) is 79.4 cm³/mol. The lowest BCUT2D eigenvalue weighted by Crippen LogP contribution is -2.04. The van der Waals surface area contributed by atoms with Crippen LogP contribution in [0.3, 0.4) is 0 Å². The van der Waals surface area contributed by atoms with Crippen molar-refractivity contribution < 1.29 is 19.4 Å². The van der Waals surface area contributed by atoms with Crippen molar-refractivity contribution >= 4 is 17.8 Å². The first-order chi connectivity index (χ1) is 10.5. The van der Waals surface area contributed by atoms with Gasteiger partial charge in [0.05, 0.1) is 23.8 Å². The predicted octanol–water partition coefficient (Wildman–Crippen LogP) is 1.55. The van der Waals surface area contributed by atoms with Gasteiger partial charge in [0.2, 0.25) is 0 Å². The molecule has 0 unspecified atom stereocenters. The number of carbonyl (C=O) groups is 2. The molecule has 0 bridgehead atoms. The number of aromatic nitrogens is 1. The third-order valence-corrected chi connectivity index (χ3v) is 2.79. The van der Waals surface area contributed by atoms with Crippen molar-refractivity contribution in [3.8, 4) is 11.8 Å². The van der Waals surface area contributed by atoms with Gasteiger partial charge in [-0.15, -0.1) is 0 Å². The first-order valence-corrected chi connectivity index (χ1v) is 6.20. The number of carboxylic acids is 1. The van der Waals surface area contributed by atoms with E-state index in [1.165, 1.54) is 31.5 Å². The number of nitrogens with two attached hydrogens (primary N) is 1. The number of hydrogen-bond donors (Lipinski definition) is 2. The van der Waals surface area contributed by atoms with E-state index in [0.717, 1.165) is 0 Å². The highest BCUT2D eigenvalue weighted by Crippen LogP contribution is 2.11. The van der Waals surface area contributed by atoms with Crippen molar-refractivity contribution in [2.45, 2.75) is 0 Å². The molecule has 3 N–H and O–H groups in total. The number of pyridine rings is 1. The lowest BCUT2D eigenvalue weighted by atomic mass is 10.1. The maximum Gasteiger partial charge on any atom is 0.339 e. The summed E-state index contributed by atoms with van der Waals surface area (Å²) in [6.45, 7) is 0. The molecule has 0 aliphatic rings. The summed E-state index contributed by atoms with van der Waals surface area (Å²) in [4.78, 5) is 26.2. The van der Waals surface area contributed by atoms with E-state index in [-0.39, 0.29) is 16.9 Å². The molecule has 1 aromatic carbocycles. The first-order valence-electron chi connectivity index (χ1n) is 6.20. The zero-order valence-electron chi connectivity index (χ0n) is 11.7. The van der Waals surface area contributed by atoms with Gasteiger partial charge in [-0.2, -0.15) is 0 Å². The summed E-state index contributed by atoms with van der Waals surface area (Å²) in [6, 6.07) is 7.67. The van der Waals surface area contributed by atoms with Crippen LogP contribution in [0.4, 0.5) is 5.82 Å². The summed E-state index contributed by atoms with van der Waals surface area (Å²) in [5.74, 6) is 4.18. The Morgan fingerprint density at radius 2 is 2.00 bits per heavy atom. The van der Waals surface area contributed by atoms with Gasteiger partial charge in [0.1, 0.15) is 5.82 Å². The first kappa shape index (κ1) is 15.1. The lowest BCUT2D eigenvalue weighted by molar-refractivity contribution is 0.0599. The standard InChI is InChI=1S/C16H12N2O4/c1-22-16(21)13-8-11(14(17)18-9-13)6-5-10-3-2-4-12(7-10)15(19)20/h2-4,7-9H,1H3,(H2,17,18)(H,19,20). The van der Waals surface area contributed by atoms with E-state index in [1.807, 2.05) is 0 Å². The van der Waals surface area contributed by atoms with Crippen molar-refractivity contribution in [3.63, 3.8) is 0 Å². The summed E-state index contributed by atoms with van der Waals surface area (Å²) >= 11 is 0. The number of carboxylic acid groups (broad SMARTS) is 1. The minimum absolute atomic E-state index is 0.140. The summed E-state index contributed by atoms with van der Waals surface area (Å²) < 4.78 is 4.60. The van der Waals surface area contributed by atoms with Crippen molar-refractivity contribution in [2.24, 2.45) is 0 Å². The Balaban J connectivity index is 2.37. The van der Waals surface area contributed by atoms with Crippen molar-refractivity contribution in [1.82, 2.24) is 4.98 Å². The molecule has 2 aromatic rings. The van der Waals surface area contributed by atoms with Gasteiger partial charge in [-0.25, -0.2) is 14.6 Å². The molecule has 110 valence electrons. The van der Waals surface area contributed by atoms with Crippen LogP contribution >= 0.6 is 0 Å². The van der Waals surface area contributed by atoms with Crippen LogP contribution in [0, 0.1) is 11.8 Å². The number of rotatable bonds is 2. The maximum atomic E-state index is 11.5. The molecule has 0 saturated heterocycles. The Kier molecular flexibility index (Phi) is 4.39. The highest BCUT2D eigenvalue weighted by Gasteiger charge is 2.08. The van der Waals surface area contributed by atoms with E-state index >= 15 is 0 Å². The van der Waals surface area contributed by atoms with Crippen LogP contribution < -0.4 is 5.73 Å². The molecular formula is C16H12N2O4. The molecule has 0 radical (unpaired) electrons. The number of nitrogen functional groups attached to an aromatic ring is 1. The highest BCUT2D eigenvalue weighted by molar-refractivity contribution is 5.90. The smallest absolute Gasteiger partial charge is 0.339 e. The zero-order chi connectivity index (χ0) is 16.1. The molecule has 0 aliphatic carbocycles. The van der Waals surface area contributed by atoms with Crippen molar-refractivity contribution in [2.75, 3.05) is 12.8 Å². The molecule has 0 atom stereocenters. The van der Waals surface area contributed by atoms with Crippen molar-refractivity contribution in [1.29, 1.82) is 0 Å². The number of carbonyl (C=O) groups excluding carboxylic acids is 1. The van der Waals surface area contributed by atoms with Gasteiger partial charge in [-0.05, 0) is 24.3 Å². The Morgan fingerprint density at radius 3 is 2.68 bits per heavy atom. The van der Waals surface area contributed by atoms with Crippen LogP contribution in [0.2, 0.25) is 0 Å². The summed E-state index contributed by atoms with van der Waals surface area (Å²) in [6.07, 6.45) is 1.30. The van der Waals surface area contributed by atoms with Gasteiger partial charge in [-0.3, -0.25) is 0 Å². The third kappa shape index (κ3) is 3.41. The number of ether oxygens (including phenoxy) is 1. The highest BCUT2D eigenvalue weighted by atomic mass is 16.5. The summed E-state index contributed by atoms with van der Waals surface area (Å²) in [7, 11) is 1.27. The largest absolute Gasteiger partial charge is 0.478 e. The fourth-order valence-corrected chi connectivity index (χ4v) is 1.67. The summed E-state index contributed by atoms with van der Waals surface area (Å²) in [5.41, 5.74) is 6.97. The molecule has 2 rings (SSSR count). The average molecular weight is 296 g/mol. The van der Waals surface area contributed by atoms with Crippen LogP contribution in [-0.4, -0.2) is 29.1 Å². The monoisotopic (exact) mass is 296 g/mol. The molecule has 6 heteroatoms. The topological polar surface area (TPSA) is 103 Å². The van der Waals surface area contributed by atoms with Crippen LogP contribution in [0.5, 0.6) is 0 Å². The molecule has 6 nitrogen and oxygen atoms in total. The number of aromatic carboxylic acids is 1. The molecule has 0 fully saturated rings. The van der Waals surface area contributed by atoms with Gasteiger partial charge in [0, 0.05) is 11.8 Å². The Morgan fingerprint density at radius 1 is 1.23 bits per heavy atom. The molecule has 0 saturated carbocycles. The number of benzene rings is 1. The van der Waals surface area contributed by atoms with Gasteiger partial charge in [0.15, 0.2) is 0 Å². The normalized spacial score (nSPS) is 9.50. The SMILES string of the molecule is COC(=O)c1cnc(N)c(C#Cc2cccc(C(=O)O)c2)c1. The van der Waals surface area contributed by atoms with Crippen LogP contribution in [0.15, 0.2) is 36.5 Å². The van der Waals surface area contributed by atoms with Gasteiger partial charge in [-0.1, -0.05) is 17.9 Å². The molecule has 0 amide bonds. The molecule has 0 aliphatic heterocycles. The number of methoxy groups -OCH3 is 1. The minimum Gasteiger partial charge on any atom is -0.478 e. The van der Waals surface area contributed by atoms with E-state index in [2.05, 4.69) is 21.6 Å². The fourth-order valence-electron chi connectivity index (χ4n) is 1.67.